The molecule has 0 bridgehead atoms. The van der Waals surface area contributed by atoms with Gasteiger partial charge in [-0.05, 0) is 0 Å². The summed E-state index contributed by atoms with van der Waals surface area (Å²) in [6.45, 7) is -1.10. The molecule has 0 aliphatic carbocycles. The minimum Gasteiger partial charge on any atom is -0.464 e. The van der Waals surface area contributed by atoms with Crippen molar-refractivity contribution < 1.29 is 31.9 Å². The van der Waals surface area contributed by atoms with E-state index in [4.69, 9.17) is 9.15 Å². The van der Waals surface area contributed by atoms with Gasteiger partial charge in [0.25, 0.3) is 0 Å². The van der Waals surface area contributed by atoms with Crippen LogP contribution in [0.15, 0.2) is 10.7 Å². The quantitative estimate of drug-likeness (QED) is 0.710. The van der Waals surface area contributed by atoms with Crippen molar-refractivity contribution in [2.24, 2.45) is 0 Å². The normalized spacial score (nSPS) is 11.9. The molecule has 1 heterocycles. The van der Waals surface area contributed by atoms with Gasteiger partial charge in [0, 0.05) is 13.7 Å². The molecule has 0 atom stereocenters. The first-order valence-corrected chi connectivity index (χ1v) is 5.66. The van der Waals surface area contributed by atoms with E-state index in [-0.39, 0.29) is 31.3 Å². The molecule has 1 aromatic heterocycles. The van der Waals surface area contributed by atoms with E-state index in [2.05, 4.69) is 9.72 Å². The number of hydrogen-bond acceptors (Lipinski definition) is 6. The number of aromatic nitrogens is 1. The molecule has 0 radical (unpaired) electrons. The Balaban J connectivity index is 2.68. The molecule has 1 rings (SSSR count). The average molecular weight is 296 g/mol. The van der Waals surface area contributed by atoms with E-state index in [0.717, 1.165) is 11.2 Å². The van der Waals surface area contributed by atoms with Crippen molar-refractivity contribution >= 4 is 5.97 Å². The molecule has 114 valence electrons. The Labute approximate surface area is 113 Å². The SMILES string of the molecule is COCCN(Cc1nc(C(=O)OC)co1)CC(F)(F)F. The fraction of sp³-hybridized carbons (Fsp3) is 0.636. The molecular weight excluding hydrogens is 281 g/mol. The van der Waals surface area contributed by atoms with Crippen LogP contribution in [0.4, 0.5) is 13.2 Å². The molecular formula is C11H15F3N2O4. The summed E-state index contributed by atoms with van der Waals surface area (Å²) in [6, 6.07) is 0. The van der Waals surface area contributed by atoms with Gasteiger partial charge >= 0.3 is 12.1 Å². The largest absolute Gasteiger partial charge is 0.464 e. The van der Waals surface area contributed by atoms with Crippen molar-refractivity contribution in [1.82, 2.24) is 9.88 Å². The van der Waals surface area contributed by atoms with Crippen LogP contribution in [0.1, 0.15) is 16.4 Å². The fourth-order valence-electron chi connectivity index (χ4n) is 1.46. The van der Waals surface area contributed by atoms with E-state index < -0.39 is 18.7 Å². The van der Waals surface area contributed by atoms with Crippen molar-refractivity contribution in [2.45, 2.75) is 12.7 Å². The molecule has 6 nitrogen and oxygen atoms in total. The van der Waals surface area contributed by atoms with E-state index in [0.29, 0.717) is 0 Å². The second-order valence-electron chi connectivity index (χ2n) is 3.94. The number of nitrogens with zero attached hydrogens (tertiary/aromatic N) is 2. The van der Waals surface area contributed by atoms with Gasteiger partial charge in [0.05, 0.1) is 26.8 Å². The maximum Gasteiger partial charge on any atom is 0.401 e. The van der Waals surface area contributed by atoms with Gasteiger partial charge in [0.1, 0.15) is 6.26 Å². The van der Waals surface area contributed by atoms with Crippen LogP contribution in [-0.4, -0.2) is 55.9 Å². The maximum absolute atomic E-state index is 12.4. The van der Waals surface area contributed by atoms with Crippen LogP contribution in [0, 0.1) is 0 Å². The summed E-state index contributed by atoms with van der Waals surface area (Å²) in [4.78, 5) is 16.0. The lowest BCUT2D eigenvalue weighted by atomic mass is 10.4. The predicted octanol–water partition coefficient (Wildman–Crippen LogP) is 1.47. The van der Waals surface area contributed by atoms with Crippen molar-refractivity contribution in [2.75, 3.05) is 33.9 Å². The Bertz CT molecular complexity index is 434. The van der Waals surface area contributed by atoms with Gasteiger partial charge in [0.2, 0.25) is 5.89 Å². The molecule has 0 aromatic carbocycles. The van der Waals surface area contributed by atoms with Crippen LogP contribution >= 0.6 is 0 Å². The van der Waals surface area contributed by atoms with Gasteiger partial charge in [-0.15, -0.1) is 0 Å². The van der Waals surface area contributed by atoms with Gasteiger partial charge in [-0.2, -0.15) is 13.2 Å². The van der Waals surface area contributed by atoms with Crippen LogP contribution < -0.4 is 0 Å². The van der Waals surface area contributed by atoms with Crippen LogP contribution in [0.25, 0.3) is 0 Å². The number of ether oxygens (including phenoxy) is 2. The van der Waals surface area contributed by atoms with Gasteiger partial charge in [-0.3, -0.25) is 4.90 Å². The highest BCUT2D eigenvalue weighted by Gasteiger charge is 2.31. The van der Waals surface area contributed by atoms with Crippen molar-refractivity contribution in [3.63, 3.8) is 0 Å². The number of carbonyl (C=O) groups excluding carboxylic acids is 1. The maximum atomic E-state index is 12.4. The zero-order valence-electron chi connectivity index (χ0n) is 11.1. The molecule has 0 spiro atoms. The Morgan fingerprint density at radius 2 is 2.15 bits per heavy atom. The molecule has 20 heavy (non-hydrogen) atoms. The summed E-state index contributed by atoms with van der Waals surface area (Å²) in [5.74, 6) is -0.704. The fourth-order valence-corrected chi connectivity index (χ4v) is 1.46. The lowest BCUT2D eigenvalue weighted by Gasteiger charge is -2.21. The van der Waals surface area contributed by atoms with Crippen molar-refractivity contribution in [3.05, 3.63) is 17.8 Å². The highest BCUT2D eigenvalue weighted by atomic mass is 19.4. The number of rotatable bonds is 7. The number of halogens is 3. The smallest absolute Gasteiger partial charge is 0.401 e. The molecule has 1 aromatic rings. The molecule has 0 amide bonds. The summed E-state index contributed by atoms with van der Waals surface area (Å²) in [5.41, 5.74) is -0.0822. The lowest BCUT2D eigenvalue weighted by molar-refractivity contribution is -0.148. The van der Waals surface area contributed by atoms with Crippen LogP contribution in [0.2, 0.25) is 0 Å². The monoisotopic (exact) mass is 296 g/mol. The van der Waals surface area contributed by atoms with Gasteiger partial charge in [-0.25, -0.2) is 9.78 Å². The van der Waals surface area contributed by atoms with Crippen molar-refractivity contribution in [3.8, 4) is 0 Å². The molecule has 0 saturated heterocycles. The number of hydrogen-bond donors (Lipinski definition) is 0. The number of esters is 1. The molecule has 0 unspecified atom stereocenters. The molecule has 0 aliphatic rings. The van der Waals surface area contributed by atoms with Gasteiger partial charge < -0.3 is 13.9 Å². The summed E-state index contributed by atoms with van der Waals surface area (Å²) in [6.07, 6.45) is -3.30. The van der Waals surface area contributed by atoms with E-state index >= 15 is 0 Å². The average Bonchev–Trinajstić information content (AvgIpc) is 2.81. The third kappa shape index (κ3) is 5.57. The third-order valence-corrected chi connectivity index (χ3v) is 2.32. The summed E-state index contributed by atoms with van der Waals surface area (Å²) >= 11 is 0. The molecule has 0 aliphatic heterocycles. The van der Waals surface area contributed by atoms with Crippen LogP contribution in [0.5, 0.6) is 0 Å². The lowest BCUT2D eigenvalue weighted by Crippen LogP contribution is -2.36. The predicted molar refractivity (Wildman–Crippen MR) is 61.1 cm³/mol. The van der Waals surface area contributed by atoms with E-state index in [1.807, 2.05) is 0 Å². The molecule has 9 heteroatoms. The van der Waals surface area contributed by atoms with Crippen LogP contribution in [-0.2, 0) is 16.0 Å². The highest BCUT2D eigenvalue weighted by molar-refractivity contribution is 5.86. The summed E-state index contributed by atoms with van der Waals surface area (Å²) in [7, 11) is 2.57. The first-order valence-electron chi connectivity index (χ1n) is 5.66. The number of methoxy groups -OCH3 is 2. The third-order valence-electron chi connectivity index (χ3n) is 2.32. The second kappa shape index (κ2) is 7.25. The van der Waals surface area contributed by atoms with E-state index in [1.54, 1.807) is 0 Å². The summed E-state index contributed by atoms with van der Waals surface area (Å²) < 4.78 is 51.4. The van der Waals surface area contributed by atoms with Gasteiger partial charge in [-0.1, -0.05) is 0 Å². The number of carbonyl (C=O) groups is 1. The first kappa shape index (κ1) is 16.4. The topological polar surface area (TPSA) is 64.8 Å². The minimum absolute atomic E-state index is 0.00533. The van der Waals surface area contributed by atoms with Crippen LogP contribution in [0.3, 0.4) is 0 Å². The number of oxazole rings is 1. The summed E-state index contributed by atoms with van der Waals surface area (Å²) in [5, 5.41) is 0. The minimum atomic E-state index is -4.34. The zero-order chi connectivity index (χ0) is 15.2. The Morgan fingerprint density at radius 3 is 2.70 bits per heavy atom. The van der Waals surface area contributed by atoms with E-state index in [1.165, 1.54) is 14.2 Å². The molecule has 0 fully saturated rings. The number of alkyl halides is 3. The molecule has 0 N–H and O–H groups in total. The first-order chi connectivity index (χ1) is 9.35. The van der Waals surface area contributed by atoms with Gasteiger partial charge in [0.15, 0.2) is 5.69 Å². The van der Waals surface area contributed by atoms with E-state index in [9.17, 15) is 18.0 Å². The Hall–Kier alpha value is -1.61. The zero-order valence-corrected chi connectivity index (χ0v) is 11.1. The Kier molecular flexibility index (Phi) is 5.96. The Morgan fingerprint density at radius 1 is 1.45 bits per heavy atom. The molecule has 0 saturated carbocycles. The second-order valence-corrected chi connectivity index (χ2v) is 3.94. The highest BCUT2D eigenvalue weighted by Crippen LogP contribution is 2.18. The van der Waals surface area contributed by atoms with Crippen molar-refractivity contribution in [1.29, 1.82) is 0 Å². The standard InChI is InChI=1S/C11H15F3N2O4/c1-18-4-3-16(7-11(12,13)14)5-9-15-8(6-20-9)10(17)19-2/h6H,3-5,7H2,1-2H3.